The van der Waals surface area contributed by atoms with Gasteiger partial charge >= 0.3 is 6.09 Å². The summed E-state index contributed by atoms with van der Waals surface area (Å²) in [6.45, 7) is 4.05. The zero-order chi connectivity index (χ0) is 15.3. The number of fused-ring (bicyclic) bond motifs is 1. The van der Waals surface area contributed by atoms with Crippen LogP contribution in [0.15, 0.2) is 35.2 Å². The first kappa shape index (κ1) is 14.8. The Labute approximate surface area is 122 Å². The number of ether oxygens (including phenoxy) is 2. The topological polar surface area (TPSA) is 86.5 Å². The molecule has 2 heterocycles. The maximum atomic E-state index is 11.2. The van der Waals surface area contributed by atoms with Gasteiger partial charge in [-0.1, -0.05) is 22.4 Å². The van der Waals surface area contributed by atoms with Crippen LogP contribution < -0.4 is 10.1 Å². The first-order valence-electron chi connectivity index (χ1n) is 6.39. The van der Waals surface area contributed by atoms with Crippen molar-refractivity contribution in [3.05, 3.63) is 36.2 Å². The standard InChI is InChI=1S/C12H15NO3.C2H2N2O/c1-12(2)7-8-5-4-6-9(10(8)16-12)13-11(14)15-3;1-2-4-5-3-1/h4-6H,7H2,1-3H3,(H,13,14);1-2H. The molecule has 21 heavy (non-hydrogen) atoms. The molecule has 0 spiro atoms. The number of benzene rings is 1. The summed E-state index contributed by atoms with van der Waals surface area (Å²) in [5, 5.41) is 9.12. The Balaban J connectivity index is 0.000000272. The van der Waals surface area contributed by atoms with E-state index < -0.39 is 6.09 Å². The molecule has 1 N–H and O–H groups in total. The largest absolute Gasteiger partial charge is 0.485 e. The lowest BCUT2D eigenvalue weighted by molar-refractivity contribution is 0.139. The summed E-state index contributed by atoms with van der Waals surface area (Å²) >= 11 is 0. The third kappa shape index (κ3) is 3.95. The number of anilines is 1. The Morgan fingerprint density at radius 2 is 2.05 bits per heavy atom. The van der Waals surface area contributed by atoms with Gasteiger partial charge < -0.3 is 9.47 Å². The van der Waals surface area contributed by atoms with E-state index in [1.54, 1.807) is 6.07 Å². The predicted octanol–water partition coefficient (Wildman–Crippen LogP) is 2.65. The highest BCUT2D eigenvalue weighted by atomic mass is 16.6. The van der Waals surface area contributed by atoms with Gasteiger partial charge in [0.05, 0.1) is 25.2 Å². The fourth-order valence-corrected chi connectivity index (χ4v) is 2.01. The molecule has 1 aromatic carbocycles. The zero-order valence-electron chi connectivity index (χ0n) is 12.1. The molecule has 0 saturated carbocycles. The lowest BCUT2D eigenvalue weighted by Gasteiger charge is -2.18. The number of nitrogens with one attached hydrogen (secondary N) is 1. The number of aromatic nitrogens is 2. The van der Waals surface area contributed by atoms with Crippen molar-refractivity contribution in [2.45, 2.75) is 25.9 Å². The number of amides is 1. The molecular formula is C14H17N3O4. The van der Waals surface area contributed by atoms with E-state index in [1.165, 1.54) is 19.5 Å². The number of hydrogen-bond acceptors (Lipinski definition) is 6. The third-order valence-corrected chi connectivity index (χ3v) is 2.80. The minimum atomic E-state index is -0.485. The van der Waals surface area contributed by atoms with Crippen molar-refractivity contribution in [2.24, 2.45) is 0 Å². The van der Waals surface area contributed by atoms with Crippen LogP contribution in [0.3, 0.4) is 0 Å². The van der Waals surface area contributed by atoms with Crippen molar-refractivity contribution < 1.29 is 18.9 Å². The predicted molar refractivity (Wildman–Crippen MR) is 75.2 cm³/mol. The molecule has 1 aliphatic rings. The van der Waals surface area contributed by atoms with Crippen molar-refractivity contribution in [1.29, 1.82) is 0 Å². The SMILES string of the molecule is COC(=O)Nc1cccc2c1OC(C)(C)C2.c1cnon1. The molecule has 7 nitrogen and oxygen atoms in total. The highest BCUT2D eigenvalue weighted by molar-refractivity contribution is 5.87. The molecule has 0 atom stereocenters. The van der Waals surface area contributed by atoms with Crippen LogP contribution >= 0.6 is 0 Å². The quantitative estimate of drug-likeness (QED) is 0.869. The number of nitrogens with zero attached hydrogens (tertiary/aromatic N) is 2. The monoisotopic (exact) mass is 291 g/mol. The Morgan fingerprint density at radius 3 is 2.62 bits per heavy atom. The van der Waals surface area contributed by atoms with Crippen LogP contribution in [0.2, 0.25) is 0 Å². The molecule has 0 aliphatic carbocycles. The van der Waals surface area contributed by atoms with E-state index in [2.05, 4.69) is 25.0 Å². The molecule has 1 aliphatic heterocycles. The van der Waals surface area contributed by atoms with Crippen molar-refractivity contribution in [2.75, 3.05) is 12.4 Å². The second-order valence-electron chi connectivity index (χ2n) is 5.04. The Bertz CT molecular complexity index is 579. The lowest BCUT2D eigenvalue weighted by atomic mass is 10.0. The van der Waals surface area contributed by atoms with E-state index in [0.29, 0.717) is 5.69 Å². The number of para-hydroxylation sites is 1. The fourth-order valence-electron chi connectivity index (χ4n) is 2.01. The molecule has 7 heteroatoms. The Kier molecular flexibility index (Phi) is 4.42. The molecule has 0 fully saturated rings. The number of methoxy groups -OCH3 is 1. The molecule has 0 unspecified atom stereocenters. The van der Waals surface area contributed by atoms with Gasteiger partial charge in [0.15, 0.2) is 0 Å². The van der Waals surface area contributed by atoms with E-state index in [1.807, 2.05) is 26.0 Å². The lowest BCUT2D eigenvalue weighted by Crippen LogP contribution is -2.25. The second kappa shape index (κ2) is 6.25. The average molecular weight is 291 g/mol. The van der Waals surface area contributed by atoms with E-state index >= 15 is 0 Å². The Morgan fingerprint density at radius 1 is 1.33 bits per heavy atom. The molecule has 2 aromatic rings. The van der Waals surface area contributed by atoms with Crippen LogP contribution in [0.25, 0.3) is 0 Å². The average Bonchev–Trinajstić information content (AvgIpc) is 3.08. The van der Waals surface area contributed by atoms with Gasteiger partial charge in [0.25, 0.3) is 0 Å². The van der Waals surface area contributed by atoms with E-state index in [4.69, 9.17) is 4.74 Å². The number of rotatable bonds is 1. The molecule has 1 aromatic heterocycles. The second-order valence-corrected chi connectivity index (χ2v) is 5.04. The van der Waals surface area contributed by atoms with Crippen LogP contribution in [0.5, 0.6) is 5.75 Å². The minimum Gasteiger partial charge on any atom is -0.485 e. The van der Waals surface area contributed by atoms with Gasteiger partial charge in [-0.2, -0.15) is 0 Å². The van der Waals surface area contributed by atoms with Crippen LogP contribution in [0, 0.1) is 0 Å². The van der Waals surface area contributed by atoms with Crippen molar-refractivity contribution in [3.8, 4) is 5.75 Å². The summed E-state index contributed by atoms with van der Waals surface area (Å²) in [6.07, 6.45) is 3.31. The third-order valence-electron chi connectivity index (χ3n) is 2.80. The van der Waals surface area contributed by atoms with Gasteiger partial charge in [0.1, 0.15) is 11.4 Å². The summed E-state index contributed by atoms with van der Waals surface area (Å²) in [5.41, 5.74) is 1.56. The van der Waals surface area contributed by atoms with Crippen molar-refractivity contribution in [3.63, 3.8) is 0 Å². The number of hydrogen-bond donors (Lipinski definition) is 1. The Hall–Kier alpha value is -2.57. The fraction of sp³-hybridized carbons (Fsp3) is 0.357. The maximum absolute atomic E-state index is 11.2. The van der Waals surface area contributed by atoms with E-state index in [0.717, 1.165) is 17.7 Å². The number of carbonyl (C=O) groups is 1. The van der Waals surface area contributed by atoms with Gasteiger partial charge in [-0.3, -0.25) is 5.32 Å². The summed E-state index contributed by atoms with van der Waals surface area (Å²) < 4.78 is 14.4. The summed E-state index contributed by atoms with van der Waals surface area (Å²) in [7, 11) is 1.34. The van der Waals surface area contributed by atoms with Crippen LogP contribution in [-0.4, -0.2) is 29.1 Å². The molecule has 0 bridgehead atoms. The normalized spacial score (nSPS) is 14.2. The zero-order valence-corrected chi connectivity index (χ0v) is 12.1. The first-order chi connectivity index (χ1) is 10.0. The minimum absolute atomic E-state index is 0.212. The molecule has 0 radical (unpaired) electrons. The van der Waals surface area contributed by atoms with Crippen molar-refractivity contribution >= 4 is 11.8 Å². The van der Waals surface area contributed by atoms with Crippen LogP contribution in [0.1, 0.15) is 19.4 Å². The molecular weight excluding hydrogens is 274 g/mol. The van der Waals surface area contributed by atoms with Gasteiger partial charge in [-0.15, -0.1) is 0 Å². The molecule has 3 rings (SSSR count). The summed E-state index contributed by atoms with van der Waals surface area (Å²) in [4.78, 5) is 11.2. The highest BCUT2D eigenvalue weighted by Gasteiger charge is 2.31. The highest BCUT2D eigenvalue weighted by Crippen LogP contribution is 2.40. The number of carbonyl (C=O) groups excluding carboxylic acids is 1. The van der Waals surface area contributed by atoms with Gasteiger partial charge in [0, 0.05) is 12.0 Å². The van der Waals surface area contributed by atoms with Crippen LogP contribution in [0.4, 0.5) is 10.5 Å². The van der Waals surface area contributed by atoms with E-state index in [-0.39, 0.29) is 5.60 Å². The smallest absolute Gasteiger partial charge is 0.411 e. The van der Waals surface area contributed by atoms with Gasteiger partial charge in [-0.25, -0.2) is 9.42 Å². The molecule has 0 saturated heterocycles. The molecule has 1 amide bonds. The van der Waals surface area contributed by atoms with Crippen LogP contribution in [-0.2, 0) is 11.2 Å². The van der Waals surface area contributed by atoms with Gasteiger partial charge in [-0.05, 0) is 19.9 Å². The summed E-state index contributed by atoms with van der Waals surface area (Å²) in [6, 6.07) is 5.71. The maximum Gasteiger partial charge on any atom is 0.411 e. The molecule has 112 valence electrons. The summed E-state index contributed by atoms with van der Waals surface area (Å²) in [5.74, 6) is 0.748. The first-order valence-corrected chi connectivity index (χ1v) is 6.39. The van der Waals surface area contributed by atoms with Crippen molar-refractivity contribution in [1.82, 2.24) is 10.3 Å². The van der Waals surface area contributed by atoms with E-state index in [9.17, 15) is 4.79 Å². The van der Waals surface area contributed by atoms with Gasteiger partial charge in [0.2, 0.25) is 0 Å².